The van der Waals surface area contributed by atoms with Gasteiger partial charge in [0, 0.05) is 23.7 Å². The van der Waals surface area contributed by atoms with Gasteiger partial charge in [-0.15, -0.1) is 0 Å². The molecular weight excluding hydrogens is 264 g/mol. The molecule has 0 saturated heterocycles. The molecule has 0 bridgehead atoms. The third kappa shape index (κ3) is 3.45. The lowest BCUT2D eigenvalue weighted by Gasteiger charge is -2.29. The Bertz CT molecular complexity index is 591. The Morgan fingerprint density at radius 3 is 2.62 bits per heavy atom. The van der Waals surface area contributed by atoms with Crippen LogP contribution in [0.4, 0.5) is 0 Å². The van der Waals surface area contributed by atoms with Crippen molar-refractivity contribution in [2.45, 2.75) is 33.2 Å². The Kier molecular flexibility index (Phi) is 5.02. The van der Waals surface area contributed by atoms with Gasteiger partial charge in [0.2, 0.25) is 5.91 Å². The van der Waals surface area contributed by atoms with Gasteiger partial charge in [-0.3, -0.25) is 4.79 Å². The summed E-state index contributed by atoms with van der Waals surface area (Å²) in [6, 6.07) is 10.0. The Hall–Kier alpha value is -1.81. The summed E-state index contributed by atoms with van der Waals surface area (Å²) in [6.07, 6.45) is 3.64. The van der Waals surface area contributed by atoms with Crippen LogP contribution >= 0.6 is 0 Å². The van der Waals surface area contributed by atoms with Crippen molar-refractivity contribution in [3.63, 3.8) is 0 Å². The number of aromatic nitrogens is 1. The molecule has 4 heteroatoms. The molecule has 0 aliphatic rings. The first-order valence-electron chi connectivity index (χ1n) is 7.55. The first-order chi connectivity index (χ1) is 10.1. The van der Waals surface area contributed by atoms with Crippen molar-refractivity contribution in [1.29, 1.82) is 0 Å². The van der Waals surface area contributed by atoms with Crippen LogP contribution in [0.2, 0.25) is 0 Å². The molecule has 0 radical (unpaired) electrons. The summed E-state index contributed by atoms with van der Waals surface area (Å²) >= 11 is 0. The maximum atomic E-state index is 12.1. The summed E-state index contributed by atoms with van der Waals surface area (Å²) in [7, 11) is 0. The number of rotatable bonds is 7. The Balaban J connectivity index is 1.99. The Morgan fingerprint density at radius 1 is 1.24 bits per heavy atom. The fraction of sp³-hybridized carbons (Fsp3) is 0.471. The monoisotopic (exact) mass is 288 g/mol. The molecule has 21 heavy (non-hydrogen) atoms. The summed E-state index contributed by atoms with van der Waals surface area (Å²) in [5, 5.41) is 13.6. The highest BCUT2D eigenvalue weighted by Crippen LogP contribution is 2.24. The minimum atomic E-state index is -0.200. The third-order valence-corrected chi connectivity index (χ3v) is 4.49. The largest absolute Gasteiger partial charge is 0.396 e. The third-order valence-electron chi connectivity index (χ3n) is 4.49. The molecule has 0 aliphatic carbocycles. The molecule has 2 N–H and O–H groups in total. The van der Waals surface area contributed by atoms with E-state index in [4.69, 9.17) is 0 Å². The number of hydrogen-bond acceptors (Lipinski definition) is 2. The van der Waals surface area contributed by atoms with Crippen LogP contribution in [0, 0.1) is 5.41 Å². The minimum Gasteiger partial charge on any atom is -0.396 e. The molecule has 0 aliphatic heterocycles. The molecule has 2 aromatic rings. The molecule has 1 aromatic carbocycles. The van der Waals surface area contributed by atoms with E-state index in [1.54, 1.807) is 0 Å². The average Bonchev–Trinajstić information content (AvgIpc) is 2.93. The molecule has 4 nitrogen and oxygen atoms in total. The molecule has 1 heterocycles. The first-order valence-corrected chi connectivity index (χ1v) is 7.55. The standard InChI is InChI=1S/C17H24N2O2/c1-3-17(4-2,13-20)12-18-16(21)11-19-10-9-14-7-5-6-8-15(14)19/h5-10,20H,3-4,11-13H2,1-2H3,(H,18,21). The summed E-state index contributed by atoms with van der Waals surface area (Å²) in [5.41, 5.74) is 0.862. The quantitative estimate of drug-likeness (QED) is 0.822. The molecular formula is C17H24N2O2. The van der Waals surface area contributed by atoms with Crippen molar-refractivity contribution in [3.05, 3.63) is 36.5 Å². The van der Waals surface area contributed by atoms with Gasteiger partial charge >= 0.3 is 0 Å². The first kappa shape index (κ1) is 15.6. The molecule has 1 aromatic heterocycles. The van der Waals surface area contributed by atoms with Crippen molar-refractivity contribution in [2.75, 3.05) is 13.2 Å². The smallest absolute Gasteiger partial charge is 0.239 e. The van der Waals surface area contributed by atoms with Gasteiger partial charge in [0.15, 0.2) is 0 Å². The predicted octanol–water partition coefficient (Wildman–Crippen LogP) is 2.56. The van der Waals surface area contributed by atoms with Gasteiger partial charge in [-0.05, 0) is 30.4 Å². The number of benzene rings is 1. The van der Waals surface area contributed by atoms with Gasteiger partial charge in [0.05, 0.1) is 6.61 Å². The van der Waals surface area contributed by atoms with E-state index in [1.165, 1.54) is 0 Å². The number of nitrogens with one attached hydrogen (secondary N) is 1. The number of carbonyl (C=O) groups excluding carboxylic acids is 1. The van der Waals surface area contributed by atoms with Crippen molar-refractivity contribution in [3.8, 4) is 0 Å². The molecule has 0 fully saturated rings. The number of carbonyl (C=O) groups is 1. The van der Waals surface area contributed by atoms with E-state index >= 15 is 0 Å². The van der Waals surface area contributed by atoms with Gasteiger partial charge in [0.1, 0.15) is 6.54 Å². The van der Waals surface area contributed by atoms with Crippen LogP contribution in [0.15, 0.2) is 36.5 Å². The predicted molar refractivity (Wildman–Crippen MR) is 85.0 cm³/mol. The minimum absolute atomic E-state index is 0.0175. The van der Waals surface area contributed by atoms with Crippen LogP contribution in [-0.4, -0.2) is 28.7 Å². The van der Waals surface area contributed by atoms with Crippen molar-refractivity contribution in [2.24, 2.45) is 5.41 Å². The maximum absolute atomic E-state index is 12.1. The number of amides is 1. The fourth-order valence-electron chi connectivity index (χ4n) is 2.55. The van der Waals surface area contributed by atoms with Crippen molar-refractivity contribution in [1.82, 2.24) is 9.88 Å². The number of aliphatic hydroxyl groups is 1. The molecule has 114 valence electrons. The van der Waals surface area contributed by atoms with E-state index in [0.29, 0.717) is 13.1 Å². The second-order valence-electron chi connectivity index (χ2n) is 5.64. The second-order valence-corrected chi connectivity index (χ2v) is 5.64. The van der Waals surface area contributed by atoms with Crippen LogP contribution in [0.5, 0.6) is 0 Å². The van der Waals surface area contributed by atoms with Crippen LogP contribution < -0.4 is 5.32 Å². The van der Waals surface area contributed by atoms with Crippen molar-refractivity contribution < 1.29 is 9.90 Å². The van der Waals surface area contributed by atoms with E-state index in [9.17, 15) is 9.90 Å². The summed E-state index contributed by atoms with van der Waals surface area (Å²) in [4.78, 5) is 12.1. The van der Waals surface area contributed by atoms with E-state index in [1.807, 2.05) is 54.9 Å². The summed E-state index contributed by atoms with van der Waals surface area (Å²) in [6.45, 7) is 5.03. The highest BCUT2D eigenvalue weighted by molar-refractivity contribution is 5.83. The van der Waals surface area contributed by atoms with Gasteiger partial charge in [0.25, 0.3) is 0 Å². The highest BCUT2D eigenvalue weighted by Gasteiger charge is 2.25. The van der Waals surface area contributed by atoms with Gasteiger partial charge in [-0.25, -0.2) is 0 Å². The van der Waals surface area contributed by atoms with Crippen molar-refractivity contribution >= 4 is 16.8 Å². The zero-order chi connectivity index (χ0) is 15.3. The van der Waals surface area contributed by atoms with Crippen LogP contribution in [0.3, 0.4) is 0 Å². The molecule has 0 saturated carbocycles. The fourth-order valence-corrected chi connectivity index (χ4v) is 2.55. The molecule has 1 amide bonds. The van der Waals surface area contributed by atoms with Crippen LogP contribution in [0.1, 0.15) is 26.7 Å². The zero-order valence-corrected chi connectivity index (χ0v) is 12.8. The molecule has 0 unspecified atom stereocenters. The van der Waals surface area contributed by atoms with Gasteiger partial charge in [-0.2, -0.15) is 0 Å². The van der Waals surface area contributed by atoms with E-state index in [2.05, 4.69) is 5.32 Å². The number of aliphatic hydroxyl groups excluding tert-OH is 1. The molecule has 0 spiro atoms. The Morgan fingerprint density at radius 2 is 1.95 bits per heavy atom. The lowest BCUT2D eigenvalue weighted by Crippen LogP contribution is -2.40. The SMILES string of the molecule is CCC(CC)(CO)CNC(=O)Cn1ccc2ccccc21. The molecule has 2 rings (SSSR count). The molecule has 0 atom stereocenters. The van der Waals surface area contributed by atoms with Gasteiger partial charge in [-0.1, -0.05) is 32.0 Å². The summed E-state index contributed by atoms with van der Waals surface area (Å²) < 4.78 is 1.95. The lowest BCUT2D eigenvalue weighted by atomic mass is 9.83. The number of nitrogens with zero attached hydrogens (tertiary/aromatic N) is 1. The van der Waals surface area contributed by atoms with Crippen LogP contribution in [0.25, 0.3) is 10.9 Å². The van der Waals surface area contributed by atoms with E-state index < -0.39 is 0 Å². The number of fused-ring (bicyclic) bond motifs is 1. The number of para-hydroxylation sites is 1. The average molecular weight is 288 g/mol. The zero-order valence-electron chi connectivity index (χ0n) is 12.8. The number of hydrogen-bond donors (Lipinski definition) is 2. The Labute approximate surface area is 125 Å². The van der Waals surface area contributed by atoms with E-state index in [0.717, 1.165) is 23.7 Å². The topological polar surface area (TPSA) is 54.3 Å². The highest BCUT2D eigenvalue weighted by atomic mass is 16.3. The summed E-state index contributed by atoms with van der Waals surface area (Å²) in [5.74, 6) is -0.0175. The maximum Gasteiger partial charge on any atom is 0.239 e. The lowest BCUT2D eigenvalue weighted by molar-refractivity contribution is -0.122. The van der Waals surface area contributed by atoms with Crippen LogP contribution in [-0.2, 0) is 11.3 Å². The van der Waals surface area contributed by atoms with E-state index in [-0.39, 0.29) is 17.9 Å². The second kappa shape index (κ2) is 6.76. The van der Waals surface area contributed by atoms with Gasteiger partial charge < -0.3 is 15.0 Å². The normalized spacial score (nSPS) is 11.8.